The molecule has 1 aliphatic carbocycles. The van der Waals surface area contributed by atoms with Crippen LogP contribution < -0.4 is 5.32 Å². The minimum atomic E-state index is -0.359. The van der Waals surface area contributed by atoms with E-state index in [1.54, 1.807) is 6.92 Å². The Hall–Kier alpha value is -1.36. The maximum Gasteiger partial charge on any atom is 0.341 e. The number of carbonyl (C=O) groups excluding carboxylic acids is 2. The van der Waals surface area contributed by atoms with Crippen LogP contribution in [0.15, 0.2) is 6.07 Å². The number of carbonyl (C=O) groups is 2. The summed E-state index contributed by atoms with van der Waals surface area (Å²) in [5.41, 5.74) is 0.481. The summed E-state index contributed by atoms with van der Waals surface area (Å²) in [6.45, 7) is 6.27. The molecule has 0 aliphatic heterocycles. The fraction of sp³-hybridized carbons (Fsp3) is 0.667. The first-order chi connectivity index (χ1) is 11.0. The highest BCUT2D eigenvalue weighted by atomic mass is 32.1. The Morgan fingerprint density at radius 2 is 2.04 bits per heavy atom. The van der Waals surface area contributed by atoms with Gasteiger partial charge in [-0.25, -0.2) is 4.79 Å². The molecule has 2 rings (SSSR count). The average molecular weight is 337 g/mol. The van der Waals surface area contributed by atoms with Gasteiger partial charge in [-0.05, 0) is 31.2 Å². The van der Waals surface area contributed by atoms with Gasteiger partial charge in [0.15, 0.2) is 0 Å². The van der Waals surface area contributed by atoms with E-state index in [0.717, 1.165) is 11.3 Å². The van der Waals surface area contributed by atoms with Crippen molar-refractivity contribution < 1.29 is 14.3 Å². The molecule has 0 bridgehead atoms. The number of hydrogen-bond donors (Lipinski definition) is 1. The minimum absolute atomic E-state index is 0.000366. The summed E-state index contributed by atoms with van der Waals surface area (Å²) in [5.74, 6) is 0.651. The average Bonchev–Trinajstić information content (AvgIpc) is 3.14. The standard InChI is InChI=1S/C18H27NO3S/c1-4-22-18(21)14-11-15(12(2)3)23-17(14)19-16(20)10-9-13-7-5-6-8-13/h11-13H,4-10H2,1-3H3,(H,19,20). The lowest BCUT2D eigenvalue weighted by molar-refractivity contribution is -0.116. The Balaban J connectivity index is 2.01. The predicted octanol–water partition coefficient (Wildman–Crippen LogP) is 4.96. The number of ether oxygens (including phenoxy) is 1. The van der Waals surface area contributed by atoms with Crippen molar-refractivity contribution in [3.63, 3.8) is 0 Å². The molecular formula is C18H27NO3S. The summed E-state index contributed by atoms with van der Waals surface area (Å²) in [4.78, 5) is 25.4. The molecule has 0 unspecified atom stereocenters. The SMILES string of the molecule is CCOC(=O)c1cc(C(C)C)sc1NC(=O)CCC1CCCC1. The fourth-order valence-electron chi connectivity index (χ4n) is 2.97. The predicted molar refractivity (Wildman–Crippen MR) is 94.2 cm³/mol. The van der Waals surface area contributed by atoms with Crippen molar-refractivity contribution in [2.45, 2.75) is 65.2 Å². The molecule has 1 saturated carbocycles. The van der Waals surface area contributed by atoms with E-state index in [2.05, 4.69) is 19.2 Å². The van der Waals surface area contributed by atoms with E-state index in [4.69, 9.17) is 4.74 Å². The second-order valence-corrected chi connectivity index (χ2v) is 7.59. The Morgan fingerprint density at radius 3 is 2.65 bits per heavy atom. The summed E-state index contributed by atoms with van der Waals surface area (Å²) in [7, 11) is 0. The van der Waals surface area contributed by atoms with E-state index >= 15 is 0 Å². The summed E-state index contributed by atoms with van der Waals surface area (Å²) in [6, 6.07) is 1.85. The minimum Gasteiger partial charge on any atom is -0.462 e. The zero-order valence-corrected chi connectivity index (χ0v) is 15.1. The Labute approximate surface area is 142 Å². The molecule has 1 amide bonds. The van der Waals surface area contributed by atoms with Crippen LogP contribution in [0, 0.1) is 5.92 Å². The van der Waals surface area contributed by atoms with Crippen LogP contribution in [0.5, 0.6) is 0 Å². The van der Waals surface area contributed by atoms with Crippen LogP contribution in [-0.4, -0.2) is 18.5 Å². The van der Waals surface area contributed by atoms with Crippen LogP contribution in [-0.2, 0) is 9.53 Å². The molecule has 1 aromatic heterocycles. The van der Waals surface area contributed by atoms with Crippen LogP contribution in [0.2, 0.25) is 0 Å². The van der Waals surface area contributed by atoms with Gasteiger partial charge in [0.2, 0.25) is 5.91 Å². The van der Waals surface area contributed by atoms with Crippen molar-refractivity contribution in [3.8, 4) is 0 Å². The van der Waals surface area contributed by atoms with Crippen LogP contribution in [0.25, 0.3) is 0 Å². The van der Waals surface area contributed by atoms with Crippen molar-refractivity contribution in [1.29, 1.82) is 0 Å². The largest absolute Gasteiger partial charge is 0.462 e. The molecule has 1 heterocycles. The number of thiophene rings is 1. The van der Waals surface area contributed by atoms with Crippen LogP contribution in [0.1, 0.15) is 80.4 Å². The van der Waals surface area contributed by atoms with Crippen molar-refractivity contribution in [2.24, 2.45) is 5.92 Å². The van der Waals surface area contributed by atoms with Crippen LogP contribution >= 0.6 is 11.3 Å². The zero-order valence-electron chi connectivity index (χ0n) is 14.3. The lowest BCUT2D eigenvalue weighted by atomic mass is 10.0. The number of hydrogen-bond acceptors (Lipinski definition) is 4. The van der Waals surface area contributed by atoms with Crippen molar-refractivity contribution in [1.82, 2.24) is 0 Å². The first kappa shape index (κ1) is 18.0. The molecule has 5 heteroatoms. The number of nitrogens with one attached hydrogen (secondary N) is 1. The number of amides is 1. The lowest BCUT2D eigenvalue weighted by Crippen LogP contribution is -2.14. The normalized spacial score (nSPS) is 15.1. The quantitative estimate of drug-likeness (QED) is 0.716. The van der Waals surface area contributed by atoms with E-state index in [9.17, 15) is 9.59 Å². The van der Waals surface area contributed by atoms with Crippen molar-refractivity contribution in [3.05, 3.63) is 16.5 Å². The van der Waals surface area contributed by atoms with Gasteiger partial charge in [0.25, 0.3) is 0 Å². The van der Waals surface area contributed by atoms with Gasteiger partial charge < -0.3 is 10.1 Å². The molecule has 4 nitrogen and oxygen atoms in total. The zero-order chi connectivity index (χ0) is 16.8. The maximum atomic E-state index is 12.2. The molecule has 23 heavy (non-hydrogen) atoms. The van der Waals surface area contributed by atoms with E-state index in [0.29, 0.717) is 35.4 Å². The second-order valence-electron chi connectivity index (χ2n) is 6.50. The highest BCUT2D eigenvalue weighted by Gasteiger charge is 2.21. The summed E-state index contributed by atoms with van der Waals surface area (Å²) in [6.07, 6.45) is 6.56. The van der Waals surface area contributed by atoms with Gasteiger partial charge in [-0.15, -0.1) is 11.3 Å². The second kappa shape index (κ2) is 8.48. The van der Waals surface area contributed by atoms with E-state index in [1.165, 1.54) is 37.0 Å². The Morgan fingerprint density at radius 1 is 1.35 bits per heavy atom. The first-order valence-electron chi connectivity index (χ1n) is 8.62. The van der Waals surface area contributed by atoms with Gasteiger partial charge in [0, 0.05) is 11.3 Å². The molecule has 1 N–H and O–H groups in total. The molecule has 0 spiro atoms. The molecule has 1 aliphatic rings. The number of rotatable bonds is 7. The van der Waals surface area contributed by atoms with Crippen molar-refractivity contribution in [2.75, 3.05) is 11.9 Å². The van der Waals surface area contributed by atoms with Crippen molar-refractivity contribution >= 4 is 28.2 Å². The molecule has 128 valence electrons. The summed E-state index contributed by atoms with van der Waals surface area (Å²) < 4.78 is 5.10. The number of anilines is 1. The van der Waals surface area contributed by atoms with E-state index < -0.39 is 0 Å². The third-order valence-electron chi connectivity index (χ3n) is 4.32. The summed E-state index contributed by atoms with van der Waals surface area (Å²) >= 11 is 1.48. The molecule has 1 aromatic rings. The molecule has 0 atom stereocenters. The molecule has 1 fully saturated rings. The first-order valence-corrected chi connectivity index (χ1v) is 9.43. The topological polar surface area (TPSA) is 55.4 Å². The monoisotopic (exact) mass is 337 g/mol. The van der Waals surface area contributed by atoms with Gasteiger partial charge >= 0.3 is 5.97 Å². The third kappa shape index (κ3) is 5.06. The van der Waals surface area contributed by atoms with E-state index in [1.807, 2.05) is 6.07 Å². The Bertz CT molecular complexity index is 544. The molecular weight excluding hydrogens is 310 g/mol. The van der Waals surface area contributed by atoms with Gasteiger partial charge in [-0.3, -0.25) is 4.79 Å². The summed E-state index contributed by atoms with van der Waals surface area (Å²) in [5, 5.41) is 3.56. The highest BCUT2D eigenvalue weighted by Crippen LogP contribution is 2.34. The highest BCUT2D eigenvalue weighted by molar-refractivity contribution is 7.16. The Kier molecular flexibility index (Phi) is 6.63. The van der Waals surface area contributed by atoms with Gasteiger partial charge in [0.1, 0.15) is 5.00 Å². The fourth-order valence-corrected chi connectivity index (χ4v) is 4.04. The molecule has 0 radical (unpaired) electrons. The number of esters is 1. The van der Waals surface area contributed by atoms with E-state index in [-0.39, 0.29) is 11.9 Å². The van der Waals surface area contributed by atoms with Gasteiger partial charge in [-0.1, -0.05) is 39.5 Å². The van der Waals surface area contributed by atoms with Crippen LogP contribution in [0.3, 0.4) is 0 Å². The molecule has 0 aromatic carbocycles. The molecule has 0 saturated heterocycles. The lowest BCUT2D eigenvalue weighted by Gasteiger charge is -2.09. The maximum absolute atomic E-state index is 12.2. The smallest absolute Gasteiger partial charge is 0.341 e. The van der Waals surface area contributed by atoms with Gasteiger partial charge in [-0.2, -0.15) is 0 Å². The van der Waals surface area contributed by atoms with Gasteiger partial charge in [0.05, 0.1) is 12.2 Å². The third-order valence-corrected chi connectivity index (χ3v) is 5.67. The van der Waals surface area contributed by atoms with Crippen LogP contribution in [0.4, 0.5) is 5.00 Å².